The van der Waals surface area contributed by atoms with Gasteiger partial charge in [-0.1, -0.05) is 17.7 Å². The summed E-state index contributed by atoms with van der Waals surface area (Å²) in [5, 5.41) is 2.67. The summed E-state index contributed by atoms with van der Waals surface area (Å²) < 4.78 is 31.6. The fraction of sp³-hybridized carbons (Fsp3) is 0.211. The zero-order valence-corrected chi connectivity index (χ0v) is 16.0. The van der Waals surface area contributed by atoms with Gasteiger partial charge in [0.05, 0.1) is 12.0 Å². The minimum atomic E-state index is -3.59. The second kappa shape index (κ2) is 8.16. The molecule has 0 heterocycles. The predicted molar refractivity (Wildman–Crippen MR) is 103 cm³/mol. The predicted octanol–water partition coefficient (Wildman–Crippen LogP) is 2.87. The van der Waals surface area contributed by atoms with Crippen LogP contribution in [0.4, 0.5) is 5.69 Å². The number of methoxy groups -OCH3 is 1. The molecule has 0 aliphatic rings. The summed E-state index contributed by atoms with van der Waals surface area (Å²) >= 11 is 0. The molecule has 7 heteroatoms. The molecule has 0 unspecified atom stereocenters. The maximum Gasteiger partial charge on any atom is 0.248 e. The van der Waals surface area contributed by atoms with Crippen molar-refractivity contribution < 1.29 is 17.9 Å². The van der Waals surface area contributed by atoms with E-state index < -0.39 is 10.0 Å². The smallest absolute Gasteiger partial charge is 0.248 e. The summed E-state index contributed by atoms with van der Waals surface area (Å²) in [7, 11) is -0.679. The van der Waals surface area contributed by atoms with Crippen molar-refractivity contribution in [1.29, 1.82) is 0 Å². The lowest BCUT2D eigenvalue weighted by Gasteiger charge is -2.09. The van der Waals surface area contributed by atoms with E-state index in [-0.39, 0.29) is 10.8 Å². The molecule has 1 amide bonds. The summed E-state index contributed by atoms with van der Waals surface area (Å²) in [5.41, 5.74) is 2.82. The number of hydrogen-bond donors (Lipinski definition) is 2. The largest absolute Gasteiger partial charge is 0.496 e. The normalized spacial score (nSPS) is 11.5. The average molecular weight is 374 g/mol. The summed E-state index contributed by atoms with van der Waals surface area (Å²) in [5.74, 6) is 0.294. The zero-order valence-electron chi connectivity index (χ0n) is 15.2. The first-order valence-corrected chi connectivity index (χ1v) is 9.43. The van der Waals surface area contributed by atoms with Crippen molar-refractivity contribution in [2.75, 3.05) is 19.5 Å². The van der Waals surface area contributed by atoms with Gasteiger partial charge in [0, 0.05) is 17.3 Å². The van der Waals surface area contributed by atoms with Crippen molar-refractivity contribution in [3.8, 4) is 5.75 Å². The van der Waals surface area contributed by atoms with E-state index in [1.165, 1.54) is 19.2 Å². The number of carbonyl (C=O) groups excluding carboxylic acids is 1. The van der Waals surface area contributed by atoms with Gasteiger partial charge in [-0.15, -0.1) is 0 Å². The number of nitrogens with one attached hydrogen (secondary N) is 2. The molecule has 6 nitrogen and oxygen atoms in total. The van der Waals surface area contributed by atoms with Crippen molar-refractivity contribution in [1.82, 2.24) is 4.72 Å². The Balaban J connectivity index is 2.21. The second-order valence-electron chi connectivity index (χ2n) is 5.76. The Bertz CT molecular complexity index is 950. The van der Waals surface area contributed by atoms with E-state index >= 15 is 0 Å². The minimum Gasteiger partial charge on any atom is -0.496 e. The number of amides is 1. The molecular formula is C19H22N2O4S. The van der Waals surface area contributed by atoms with Crippen LogP contribution < -0.4 is 14.8 Å². The number of rotatable bonds is 6. The molecule has 0 saturated heterocycles. The standard InChI is InChI=1S/C19H22N2O4S/c1-13-5-9-17(25-4)15(11-13)7-10-19(22)21-16-8-6-14(2)18(12-16)26(23,24)20-3/h5-12,20H,1-4H3,(H,21,22)/b10-7+. The molecule has 0 aliphatic carbocycles. The van der Waals surface area contributed by atoms with Gasteiger partial charge in [-0.2, -0.15) is 0 Å². The van der Waals surface area contributed by atoms with Crippen molar-refractivity contribution in [2.24, 2.45) is 0 Å². The Kier molecular flexibility index (Phi) is 6.18. The second-order valence-corrected chi connectivity index (χ2v) is 7.61. The molecule has 0 saturated carbocycles. The lowest BCUT2D eigenvalue weighted by Crippen LogP contribution is -2.20. The van der Waals surface area contributed by atoms with Crippen LogP contribution in [-0.2, 0) is 14.8 Å². The fourth-order valence-corrected chi connectivity index (χ4v) is 3.40. The van der Waals surface area contributed by atoms with E-state index in [4.69, 9.17) is 4.74 Å². The minimum absolute atomic E-state index is 0.127. The molecular weight excluding hydrogens is 352 g/mol. The number of benzene rings is 2. The van der Waals surface area contributed by atoms with Gasteiger partial charge in [-0.05, 0) is 56.8 Å². The molecule has 0 radical (unpaired) electrons. The molecule has 0 aliphatic heterocycles. The molecule has 2 aromatic rings. The molecule has 2 N–H and O–H groups in total. The van der Waals surface area contributed by atoms with Crippen LogP contribution >= 0.6 is 0 Å². The highest BCUT2D eigenvalue weighted by molar-refractivity contribution is 7.89. The molecule has 138 valence electrons. The third-order valence-electron chi connectivity index (χ3n) is 3.81. The lowest BCUT2D eigenvalue weighted by atomic mass is 10.1. The lowest BCUT2D eigenvalue weighted by molar-refractivity contribution is -0.111. The molecule has 2 aromatic carbocycles. The van der Waals surface area contributed by atoms with Gasteiger partial charge in [-0.3, -0.25) is 4.79 Å². The summed E-state index contributed by atoms with van der Waals surface area (Å²) in [6.07, 6.45) is 3.03. The number of aryl methyl sites for hydroxylation is 2. The Labute approximate surface area is 153 Å². The van der Waals surface area contributed by atoms with Gasteiger partial charge < -0.3 is 10.1 Å². The number of sulfonamides is 1. The highest BCUT2D eigenvalue weighted by atomic mass is 32.2. The van der Waals surface area contributed by atoms with Crippen LogP contribution in [-0.4, -0.2) is 28.5 Å². The average Bonchev–Trinajstić information content (AvgIpc) is 2.61. The summed E-state index contributed by atoms with van der Waals surface area (Å²) in [4.78, 5) is 12.3. The quantitative estimate of drug-likeness (QED) is 0.762. The summed E-state index contributed by atoms with van der Waals surface area (Å²) in [6, 6.07) is 10.4. The van der Waals surface area contributed by atoms with E-state index in [9.17, 15) is 13.2 Å². The van der Waals surface area contributed by atoms with Crippen molar-refractivity contribution in [2.45, 2.75) is 18.7 Å². The van der Waals surface area contributed by atoms with E-state index in [0.29, 0.717) is 17.0 Å². The topological polar surface area (TPSA) is 84.5 Å². The first-order valence-electron chi connectivity index (χ1n) is 7.94. The van der Waals surface area contributed by atoms with E-state index in [2.05, 4.69) is 10.0 Å². The SMILES string of the molecule is CNS(=O)(=O)c1cc(NC(=O)/C=C/c2cc(C)ccc2OC)ccc1C. The maximum atomic E-state index is 12.2. The van der Waals surface area contributed by atoms with Gasteiger partial charge in [-0.25, -0.2) is 13.1 Å². The molecule has 26 heavy (non-hydrogen) atoms. The van der Waals surface area contributed by atoms with Gasteiger partial charge in [0.2, 0.25) is 15.9 Å². The Morgan fingerprint density at radius 1 is 1.12 bits per heavy atom. The first-order chi connectivity index (χ1) is 12.3. The van der Waals surface area contributed by atoms with Crippen LogP contribution in [0.1, 0.15) is 16.7 Å². The van der Waals surface area contributed by atoms with Crippen LogP contribution in [0.3, 0.4) is 0 Å². The summed E-state index contributed by atoms with van der Waals surface area (Å²) in [6.45, 7) is 3.65. The number of carbonyl (C=O) groups is 1. The highest BCUT2D eigenvalue weighted by Gasteiger charge is 2.15. The third kappa shape index (κ3) is 4.71. The van der Waals surface area contributed by atoms with Gasteiger partial charge in [0.25, 0.3) is 0 Å². The van der Waals surface area contributed by atoms with Crippen LogP contribution in [0.5, 0.6) is 5.75 Å². The van der Waals surface area contributed by atoms with Crippen molar-refractivity contribution in [3.63, 3.8) is 0 Å². The highest BCUT2D eigenvalue weighted by Crippen LogP contribution is 2.22. The zero-order chi connectivity index (χ0) is 19.3. The van der Waals surface area contributed by atoms with E-state index in [1.54, 1.807) is 32.2 Å². The van der Waals surface area contributed by atoms with Gasteiger partial charge >= 0.3 is 0 Å². The molecule has 0 spiro atoms. The molecule has 0 atom stereocenters. The first kappa shape index (κ1) is 19.7. The number of ether oxygens (including phenoxy) is 1. The van der Waals surface area contributed by atoms with E-state index in [1.807, 2.05) is 25.1 Å². The maximum absolute atomic E-state index is 12.2. The van der Waals surface area contributed by atoms with Crippen LogP contribution in [0.15, 0.2) is 47.4 Å². The third-order valence-corrected chi connectivity index (χ3v) is 5.37. The van der Waals surface area contributed by atoms with Crippen LogP contribution in [0.25, 0.3) is 6.08 Å². The molecule has 0 bridgehead atoms. The Morgan fingerprint density at radius 3 is 2.50 bits per heavy atom. The van der Waals surface area contributed by atoms with Gasteiger partial charge in [0.1, 0.15) is 5.75 Å². The van der Waals surface area contributed by atoms with Crippen molar-refractivity contribution >= 4 is 27.7 Å². The Morgan fingerprint density at radius 2 is 1.85 bits per heavy atom. The van der Waals surface area contributed by atoms with E-state index in [0.717, 1.165) is 11.1 Å². The van der Waals surface area contributed by atoms with Crippen molar-refractivity contribution in [3.05, 3.63) is 59.2 Å². The Hall–Kier alpha value is -2.64. The monoisotopic (exact) mass is 374 g/mol. The van der Waals surface area contributed by atoms with Gasteiger partial charge in [0.15, 0.2) is 0 Å². The molecule has 0 aromatic heterocycles. The number of hydrogen-bond acceptors (Lipinski definition) is 4. The molecule has 2 rings (SSSR count). The fourth-order valence-electron chi connectivity index (χ4n) is 2.41. The van der Waals surface area contributed by atoms with Crippen LogP contribution in [0.2, 0.25) is 0 Å². The number of anilines is 1. The molecule has 0 fully saturated rings. The van der Waals surface area contributed by atoms with Crippen LogP contribution in [0, 0.1) is 13.8 Å².